The van der Waals surface area contributed by atoms with E-state index in [0.29, 0.717) is 24.3 Å². The van der Waals surface area contributed by atoms with E-state index in [1.54, 1.807) is 6.07 Å². The normalized spacial score (nSPS) is 11.5. The van der Waals surface area contributed by atoms with Gasteiger partial charge >= 0.3 is 5.97 Å². The Bertz CT molecular complexity index is 555. The lowest BCUT2D eigenvalue weighted by atomic mass is 10.1. The number of carbonyl (C=O) groups is 1. The van der Waals surface area contributed by atoms with Crippen molar-refractivity contribution in [1.82, 2.24) is 4.72 Å². The summed E-state index contributed by atoms with van der Waals surface area (Å²) in [4.78, 5) is 11.1. The summed E-state index contributed by atoms with van der Waals surface area (Å²) in [5, 5.41) is 9.08. The second-order valence-electron chi connectivity index (χ2n) is 3.87. The topological polar surface area (TPSA) is 83.5 Å². The van der Waals surface area contributed by atoms with Crippen LogP contribution in [0, 0.1) is 0 Å². The van der Waals surface area contributed by atoms with Crippen molar-refractivity contribution in [3.8, 4) is 0 Å². The third kappa shape index (κ3) is 4.22. The second kappa shape index (κ2) is 6.93. The Morgan fingerprint density at radius 1 is 1.42 bits per heavy atom. The van der Waals surface area contributed by atoms with E-state index >= 15 is 0 Å². The Kier molecular flexibility index (Phi) is 5.84. The van der Waals surface area contributed by atoms with Gasteiger partial charge in [-0.3, -0.25) is 0 Å². The van der Waals surface area contributed by atoms with Gasteiger partial charge < -0.3 is 5.11 Å². The minimum atomic E-state index is -3.64. The van der Waals surface area contributed by atoms with Crippen molar-refractivity contribution < 1.29 is 18.3 Å². The van der Waals surface area contributed by atoms with Gasteiger partial charge in [-0.1, -0.05) is 13.0 Å². The largest absolute Gasteiger partial charge is 0.478 e. The third-order valence-corrected chi connectivity index (χ3v) is 4.67. The van der Waals surface area contributed by atoms with Gasteiger partial charge in [-0.15, -0.1) is 0 Å². The van der Waals surface area contributed by atoms with Crippen LogP contribution in [0.4, 0.5) is 0 Å². The van der Waals surface area contributed by atoms with Gasteiger partial charge in [0.1, 0.15) is 0 Å². The summed E-state index contributed by atoms with van der Waals surface area (Å²) < 4.78 is 26.4. The molecule has 0 saturated heterocycles. The molecule has 0 aromatic heterocycles. The number of nitrogens with one attached hydrogen (secondary N) is 1. The molecule has 0 radical (unpaired) electrons. The van der Waals surface area contributed by atoms with Crippen molar-refractivity contribution in [3.05, 3.63) is 29.3 Å². The first-order valence-electron chi connectivity index (χ1n) is 5.77. The Balaban J connectivity index is 3.07. The maximum absolute atomic E-state index is 12.0. The van der Waals surface area contributed by atoms with E-state index in [1.807, 2.05) is 13.2 Å². The molecule has 2 N–H and O–H groups in total. The highest BCUT2D eigenvalue weighted by molar-refractivity contribution is 7.98. The monoisotopic (exact) mass is 303 g/mol. The number of carboxylic acids is 1. The molecule has 0 aliphatic rings. The molecule has 0 heterocycles. The lowest BCUT2D eigenvalue weighted by Crippen LogP contribution is -2.26. The van der Waals surface area contributed by atoms with E-state index < -0.39 is 16.0 Å². The zero-order chi connectivity index (χ0) is 14.5. The molecule has 1 aromatic rings. The maximum atomic E-state index is 12.0. The van der Waals surface area contributed by atoms with Crippen LogP contribution < -0.4 is 4.72 Å². The van der Waals surface area contributed by atoms with Crippen molar-refractivity contribution in [3.63, 3.8) is 0 Å². The van der Waals surface area contributed by atoms with Gasteiger partial charge in [-0.05, 0) is 30.4 Å². The Hall–Kier alpha value is -1.05. The van der Waals surface area contributed by atoms with E-state index in [-0.39, 0.29) is 10.5 Å². The fourth-order valence-electron chi connectivity index (χ4n) is 1.59. The van der Waals surface area contributed by atoms with Gasteiger partial charge in [-0.25, -0.2) is 17.9 Å². The SMILES string of the molecule is CCc1ccc(S(=O)(=O)NCCSC)cc1C(=O)O. The quantitative estimate of drug-likeness (QED) is 0.747. The molecule has 19 heavy (non-hydrogen) atoms. The molecule has 0 spiro atoms. The number of hydrogen-bond donors (Lipinski definition) is 2. The summed E-state index contributed by atoms with van der Waals surface area (Å²) >= 11 is 1.53. The lowest BCUT2D eigenvalue weighted by molar-refractivity contribution is 0.0695. The molecule has 0 saturated carbocycles. The Labute approximate surface area is 117 Å². The number of aryl methyl sites for hydroxylation is 1. The number of hydrogen-bond acceptors (Lipinski definition) is 4. The molecule has 0 atom stereocenters. The molecule has 0 bridgehead atoms. The fourth-order valence-corrected chi connectivity index (χ4v) is 3.08. The minimum Gasteiger partial charge on any atom is -0.478 e. The van der Waals surface area contributed by atoms with E-state index in [0.717, 1.165) is 0 Å². The number of sulfonamides is 1. The van der Waals surface area contributed by atoms with Crippen LogP contribution in [-0.2, 0) is 16.4 Å². The Morgan fingerprint density at radius 3 is 2.63 bits per heavy atom. The number of benzene rings is 1. The summed E-state index contributed by atoms with van der Waals surface area (Å²) in [6.45, 7) is 2.15. The molecular formula is C12H17NO4S2. The summed E-state index contributed by atoms with van der Waals surface area (Å²) in [5.74, 6) is -0.448. The standard InChI is InChI=1S/C12H17NO4S2/c1-3-9-4-5-10(8-11(9)12(14)15)19(16,17)13-6-7-18-2/h4-5,8,13H,3,6-7H2,1-2H3,(H,14,15). The summed E-state index contributed by atoms with van der Waals surface area (Å²) in [5.41, 5.74) is 0.658. The number of thioether (sulfide) groups is 1. The Morgan fingerprint density at radius 2 is 2.11 bits per heavy atom. The first kappa shape index (κ1) is 16.0. The maximum Gasteiger partial charge on any atom is 0.336 e. The van der Waals surface area contributed by atoms with Crippen molar-refractivity contribution in [2.45, 2.75) is 18.2 Å². The third-order valence-electron chi connectivity index (χ3n) is 2.60. The molecule has 0 unspecified atom stereocenters. The zero-order valence-electron chi connectivity index (χ0n) is 10.8. The van der Waals surface area contributed by atoms with E-state index in [2.05, 4.69) is 4.72 Å². The minimum absolute atomic E-state index is 0.0109. The summed E-state index contributed by atoms with van der Waals surface area (Å²) in [6, 6.07) is 4.20. The first-order chi connectivity index (χ1) is 8.92. The van der Waals surface area contributed by atoms with E-state index in [1.165, 1.54) is 23.9 Å². The number of rotatable bonds is 7. The lowest BCUT2D eigenvalue weighted by Gasteiger charge is -2.09. The van der Waals surface area contributed by atoms with Crippen LogP contribution in [0.15, 0.2) is 23.1 Å². The smallest absolute Gasteiger partial charge is 0.336 e. The van der Waals surface area contributed by atoms with Gasteiger partial charge in [0.05, 0.1) is 10.5 Å². The van der Waals surface area contributed by atoms with E-state index in [9.17, 15) is 13.2 Å². The van der Waals surface area contributed by atoms with Crippen molar-refractivity contribution in [1.29, 1.82) is 0 Å². The van der Waals surface area contributed by atoms with Crippen LogP contribution in [0.5, 0.6) is 0 Å². The highest BCUT2D eigenvalue weighted by Crippen LogP contribution is 2.17. The van der Waals surface area contributed by atoms with Crippen LogP contribution in [0.3, 0.4) is 0 Å². The van der Waals surface area contributed by atoms with Crippen LogP contribution in [0.1, 0.15) is 22.8 Å². The molecule has 1 aromatic carbocycles. The average molecular weight is 303 g/mol. The number of aromatic carboxylic acids is 1. The molecule has 106 valence electrons. The molecule has 0 aliphatic carbocycles. The van der Waals surface area contributed by atoms with Crippen LogP contribution in [0.25, 0.3) is 0 Å². The van der Waals surface area contributed by atoms with Crippen molar-refractivity contribution in [2.24, 2.45) is 0 Å². The number of carboxylic acid groups (broad SMARTS) is 1. The molecule has 0 fully saturated rings. The molecule has 5 nitrogen and oxygen atoms in total. The summed E-state index contributed by atoms with van der Waals surface area (Å²) in [6.07, 6.45) is 2.43. The van der Waals surface area contributed by atoms with Gasteiger partial charge in [-0.2, -0.15) is 11.8 Å². The predicted molar refractivity (Wildman–Crippen MR) is 76.3 cm³/mol. The molecule has 7 heteroatoms. The summed E-state index contributed by atoms with van der Waals surface area (Å²) in [7, 11) is -3.64. The van der Waals surface area contributed by atoms with Crippen molar-refractivity contribution in [2.75, 3.05) is 18.6 Å². The van der Waals surface area contributed by atoms with Gasteiger partial charge in [0, 0.05) is 12.3 Å². The second-order valence-corrected chi connectivity index (χ2v) is 6.62. The first-order valence-corrected chi connectivity index (χ1v) is 8.65. The molecular weight excluding hydrogens is 286 g/mol. The van der Waals surface area contributed by atoms with Crippen molar-refractivity contribution >= 4 is 27.8 Å². The van der Waals surface area contributed by atoms with Gasteiger partial charge in [0.25, 0.3) is 0 Å². The highest BCUT2D eigenvalue weighted by atomic mass is 32.2. The van der Waals surface area contributed by atoms with Crippen LogP contribution >= 0.6 is 11.8 Å². The molecule has 1 rings (SSSR count). The van der Waals surface area contributed by atoms with E-state index in [4.69, 9.17) is 5.11 Å². The average Bonchev–Trinajstić information content (AvgIpc) is 2.38. The zero-order valence-corrected chi connectivity index (χ0v) is 12.5. The predicted octanol–water partition coefficient (Wildman–Crippen LogP) is 1.59. The molecule has 0 aliphatic heterocycles. The van der Waals surface area contributed by atoms with Crippen LogP contribution in [-0.4, -0.2) is 38.0 Å². The van der Waals surface area contributed by atoms with Gasteiger partial charge in [0.2, 0.25) is 10.0 Å². The molecule has 0 amide bonds. The highest BCUT2D eigenvalue weighted by Gasteiger charge is 2.17. The van der Waals surface area contributed by atoms with Crippen LogP contribution in [0.2, 0.25) is 0 Å². The fraction of sp³-hybridized carbons (Fsp3) is 0.417. The van der Waals surface area contributed by atoms with Gasteiger partial charge in [0.15, 0.2) is 0 Å².